The molecule has 1 aliphatic heterocycles. The van der Waals surface area contributed by atoms with Crippen LogP contribution >= 0.6 is 0 Å². The Labute approximate surface area is 67.3 Å². The number of rotatable bonds is 2. The maximum atomic E-state index is 9.40. The van der Waals surface area contributed by atoms with Gasteiger partial charge in [-0.15, -0.1) is 0 Å². The van der Waals surface area contributed by atoms with E-state index in [1.165, 1.54) is 0 Å². The Balaban J connectivity index is 2.37. The summed E-state index contributed by atoms with van der Waals surface area (Å²) in [6.07, 6.45) is 2.00. The first-order chi connectivity index (χ1) is 5.27. The molecule has 0 aromatic carbocycles. The number of ether oxygens (including phenoxy) is 2. The van der Waals surface area contributed by atoms with Crippen LogP contribution in [0.3, 0.4) is 0 Å². The zero-order valence-electron chi connectivity index (χ0n) is 7.12. The van der Waals surface area contributed by atoms with Gasteiger partial charge in [0.2, 0.25) is 0 Å². The van der Waals surface area contributed by atoms with Crippen molar-refractivity contribution in [1.82, 2.24) is 0 Å². The van der Waals surface area contributed by atoms with E-state index in [0.29, 0.717) is 0 Å². The summed E-state index contributed by atoms with van der Waals surface area (Å²) in [6.45, 7) is 2.01. The van der Waals surface area contributed by atoms with E-state index < -0.39 is 0 Å². The molecule has 3 atom stereocenters. The van der Waals surface area contributed by atoms with E-state index >= 15 is 0 Å². The number of aliphatic hydroxyl groups is 1. The van der Waals surface area contributed by atoms with Crippen LogP contribution in [0.1, 0.15) is 26.2 Å². The molecule has 1 fully saturated rings. The molecule has 0 aliphatic carbocycles. The van der Waals surface area contributed by atoms with E-state index in [1.807, 2.05) is 6.92 Å². The Morgan fingerprint density at radius 2 is 2.27 bits per heavy atom. The van der Waals surface area contributed by atoms with Gasteiger partial charge >= 0.3 is 0 Å². The summed E-state index contributed by atoms with van der Waals surface area (Å²) in [6, 6.07) is 0. The molecule has 0 aromatic heterocycles. The predicted molar refractivity (Wildman–Crippen MR) is 41.2 cm³/mol. The van der Waals surface area contributed by atoms with Gasteiger partial charge in [-0.2, -0.15) is 0 Å². The minimum atomic E-state index is -0.300. The average Bonchev–Trinajstić information content (AvgIpc) is 2.05. The number of hydrogen-bond acceptors (Lipinski definition) is 3. The highest BCUT2D eigenvalue weighted by Crippen LogP contribution is 2.21. The predicted octanol–water partition coefficient (Wildman–Crippen LogP) is 0.909. The third-order valence-corrected chi connectivity index (χ3v) is 2.12. The number of methoxy groups -OCH3 is 1. The van der Waals surface area contributed by atoms with Gasteiger partial charge in [0.1, 0.15) is 0 Å². The third kappa shape index (κ3) is 2.15. The Hall–Kier alpha value is -0.120. The van der Waals surface area contributed by atoms with Gasteiger partial charge in [-0.3, -0.25) is 0 Å². The van der Waals surface area contributed by atoms with Crippen molar-refractivity contribution in [2.24, 2.45) is 0 Å². The molecule has 3 heteroatoms. The molecule has 0 radical (unpaired) electrons. The summed E-state index contributed by atoms with van der Waals surface area (Å²) in [5.41, 5.74) is 0. The summed E-state index contributed by atoms with van der Waals surface area (Å²) in [4.78, 5) is 0. The molecule has 1 heterocycles. The fourth-order valence-electron chi connectivity index (χ4n) is 1.39. The first-order valence-corrected chi connectivity index (χ1v) is 4.14. The largest absolute Gasteiger partial charge is 0.390 e. The van der Waals surface area contributed by atoms with Gasteiger partial charge in [0.25, 0.3) is 0 Å². The molecular formula is C8H16O3. The lowest BCUT2D eigenvalue weighted by atomic mass is 10.0. The maximum absolute atomic E-state index is 9.40. The van der Waals surface area contributed by atoms with Gasteiger partial charge in [0.05, 0.1) is 12.2 Å². The van der Waals surface area contributed by atoms with E-state index in [4.69, 9.17) is 9.47 Å². The van der Waals surface area contributed by atoms with Crippen molar-refractivity contribution in [3.63, 3.8) is 0 Å². The van der Waals surface area contributed by atoms with Gasteiger partial charge in [0.15, 0.2) is 6.29 Å². The summed E-state index contributed by atoms with van der Waals surface area (Å²) < 4.78 is 10.5. The van der Waals surface area contributed by atoms with Gasteiger partial charge in [-0.25, -0.2) is 0 Å². The van der Waals surface area contributed by atoms with E-state index in [-0.39, 0.29) is 18.5 Å². The second-order valence-corrected chi connectivity index (χ2v) is 2.89. The first kappa shape index (κ1) is 8.97. The third-order valence-electron chi connectivity index (χ3n) is 2.12. The Morgan fingerprint density at radius 1 is 1.55 bits per heavy atom. The van der Waals surface area contributed by atoms with Crippen LogP contribution in [0, 0.1) is 0 Å². The van der Waals surface area contributed by atoms with Gasteiger partial charge < -0.3 is 14.6 Å². The summed E-state index contributed by atoms with van der Waals surface area (Å²) in [7, 11) is 1.63. The lowest BCUT2D eigenvalue weighted by molar-refractivity contribution is -0.211. The van der Waals surface area contributed by atoms with Crippen LogP contribution in [0.2, 0.25) is 0 Å². The summed E-state index contributed by atoms with van der Waals surface area (Å²) in [5, 5.41) is 9.40. The molecule has 3 nitrogen and oxygen atoms in total. The number of aliphatic hydroxyl groups excluding tert-OH is 1. The molecule has 1 rings (SSSR count). The summed E-state index contributed by atoms with van der Waals surface area (Å²) in [5.74, 6) is 0. The normalized spacial score (nSPS) is 39.0. The molecule has 1 unspecified atom stereocenters. The molecule has 0 bridgehead atoms. The quantitative estimate of drug-likeness (QED) is 0.652. The van der Waals surface area contributed by atoms with Crippen molar-refractivity contribution in [1.29, 1.82) is 0 Å². The van der Waals surface area contributed by atoms with Crippen LogP contribution in [0.4, 0.5) is 0 Å². The van der Waals surface area contributed by atoms with Gasteiger partial charge in [-0.05, 0) is 12.8 Å². The van der Waals surface area contributed by atoms with E-state index in [1.54, 1.807) is 7.11 Å². The molecule has 0 amide bonds. The fraction of sp³-hybridized carbons (Fsp3) is 1.00. The smallest absolute Gasteiger partial charge is 0.157 e. The van der Waals surface area contributed by atoms with Gasteiger partial charge in [-0.1, -0.05) is 6.92 Å². The molecule has 66 valence electrons. The second-order valence-electron chi connectivity index (χ2n) is 2.89. The van der Waals surface area contributed by atoms with E-state index in [9.17, 15) is 5.11 Å². The van der Waals surface area contributed by atoms with Crippen LogP contribution < -0.4 is 0 Å². The Bertz CT molecular complexity index is 116. The molecule has 0 aromatic rings. The molecule has 1 saturated heterocycles. The van der Waals surface area contributed by atoms with Crippen molar-refractivity contribution in [2.45, 2.75) is 44.7 Å². The monoisotopic (exact) mass is 160 g/mol. The lowest BCUT2D eigenvalue weighted by Gasteiger charge is -2.32. The molecule has 0 spiro atoms. The molecule has 11 heavy (non-hydrogen) atoms. The minimum Gasteiger partial charge on any atom is -0.390 e. The van der Waals surface area contributed by atoms with Crippen LogP contribution in [0.25, 0.3) is 0 Å². The van der Waals surface area contributed by atoms with Crippen molar-refractivity contribution in [2.75, 3.05) is 7.11 Å². The Kier molecular flexibility index (Phi) is 3.30. The van der Waals surface area contributed by atoms with Crippen LogP contribution in [-0.4, -0.2) is 30.7 Å². The highest BCUT2D eigenvalue weighted by Gasteiger charge is 2.27. The van der Waals surface area contributed by atoms with Crippen molar-refractivity contribution in [3.05, 3.63) is 0 Å². The number of hydrogen-bond donors (Lipinski definition) is 1. The zero-order valence-corrected chi connectivity index (χ0v) is 7.12. The fourth-order valence-corrected chi connectivity index (χ4v) is 1.39. The topological polar surface area (TPSA) is 38.7 Å². The average molecular weight is 160 g/mol. The molecular weight excluding hydrogens is 144 g/mol. The lowest BCUT2D eigenvalue weighted by Crippen LogP contribution is -2.38. The zero-order chi connectivity index (χ0) is 8.27. The highest BCUT2D eigenvalue weighted by atomic mass is 16.7. The maximum Gasteiger partial charge on any atom is 0.157 e. The molecule has 0 saturated carbocycles. The van der Waals surface area contributed by atoms with Crippen LogP contribution in [0.5, 0.6) is 0 Å². The Morgan fingerprint density at radius 3 is 2.82 bits per heavy atom. The van der Waals surface area contributed by atoms with Crippen molar-refractivity contribution in [3.8, 4) is 0 Å². The van der Waals surface area contributed by atoms with E-state index in [2.05, 4.69) is 0 Å². The second kappa shape index (κ2) is 4.04. The highest BCUT2D eigenvalue weighted by molar-refractivity contribution is 4.73. The van der Waals surface area contributed by atoms with Crippen molar-refractivity contribution < 1.29 is 14.6 Å². The first-order valence-electron chi connectivity index (χ1n) is 4.14. The standard InChI is InChI=1S/C8H16O3/c1-3-7-6(9)4-5-8(10-2)11-7/h6-9H,3-5H2,1-2H3/t6-,7?,8-/m0/s1. The SMILES string of the molecule is CCC1O[C@H](OC)CC[C@@H]1O. The summed E-state index contributed by atoms with van der Waals surface area (Å²) >= 11 is 0. The molecule has 1 aliphatic rings. The van der Waals surface area contributed by atoms with Crippen LogP contribution in [0.15, 0.2) is 0 Å². The van der Waals surface area contributed by atoms with E-state index in [0.717, 1.165) is 19.3 Å². The minimum absolute atomic E-state index is 0.0336. The van der Waals surface area contributed by atoms with Gasteiger partial charge in [0, 0.05) is 13.5 Å². The van der Waals surface area contributed by atoms with Crippen LogP contribution in [-0.2, 0) is 9.47 Å². The molecule has 1 N–H and O–H groups in total. The van der Waals surface area contributed by atoms with Crippen molar-refractivity contribution >= 4 is 0 Å².